The standard InChI is InChI=1S/C19H18N4S/c1-11-7-12(2)18(13(3)8-11)23-10-20-22-19(23)15-5-6-17-16(9-15)21-14(4)24-17/h5-10H,1-4H3. The molecule has 0 aliphatic carbocycles. The maximum atomic E-state index is 4.59. The zero-order chi connectivity index (χ0) is 16.8. The molecule has 2 aromatic heterocycles. The minimum Gasteiger partial charge on any atom is -0.281 e. The lowest BCUT2D eigenvalue weighted by Gasteiger charge is -2.14. The molecular formula is C19H18N4S. The first-order valence-electron chi connectivity index (χ1n) is 7.89. The summed E-state index contributed by atoms with van der Waals surface area (Å²) < 4.78 is 3.27. The van der Waals surface area contributed by atoms with Crippen LogP contribution in [0.3, 0.4) is 0 Å². The smallest absolute Gasteiger partial charge is 0.168 e. The molecule has 0 radical (unpaired) electrons. The maximum absolute atomic E-state index is 4.59. The average molecular weight is 334 g/mol. The lowest BCUT2D eigenvalue weighted by atomic mass is 10.0. The Morgan fingerprint density at radius 1 is 0.958 bits per heavy atom. The molecule has 0 amide bonds. The molecule has 0 saturated heterocycles. The Kier molecular flexibility index (Phi) is 3.46. The van der Waals surface area contributed by atoms with E-state index in [4.69, 9.17) is 0 Å². The van der Waals surface area contributed by atoms with E-state index in [1.807, 2.05) is 6.92 Å². The predicted molar refractivity (Wildman–Crippen MR) is 98.9 cm³/mol. The fourth-order valence-corrected chi connectivity index (χ4v) is 4.14. The molecule has 2 aromatic carbocycles. The van der Waals surface area contributed by atoms with Crippen molar-refractivity contribution in [1.82, 2.24) is 19.7 Å². The lowest BCUT2D eigenvalue weighted by Crippen LogP contribution is -2.02. The molecule has 120 valence electrons. The van der Waals surface area contributed by atoms with Crippen molar-refractivity contribution in [2.45, 2.75) is 27.7 Å². The van der Waals surface area contributed by atoms with Crippen LogP contribution in [-0.2, 0) is 0 Å². The molecular weight excluding hydrogens is 316 g/mol. The van der Waals surface area contributed by atoms with Crippen molar-refractivity contribution in [1.29, 1.82) is 0 Å². The fourth-order valence-electron chi connectivity index (χ4n) is 3.33. The Morgan fingerprint density at radius 2 is 1.71 bits per heavy atom. The Hall–Kier alpha value is -2.53. The van der Waals surface area contributed by atoms with Gasteiger partial charge in [-0.2, -0.15) is 0 Å². The zero-order valence-electron chi connectivity index (χ0n) is 14.2. The van der Waals surface area contributed by atoms with Crippen LogP contribution >= 0.6 is 11.3 Å². The summed E-state index contributed by atoms with van der Waals surface area (Å²) in [7, 11) is 0. The molecule has 2 heterocycles. The van der Waals surface area contributed by atoms with Crippen molar-refractivity contribution in [3.63, 3.8) is 0 Å². The molecule has 0 bridgehead atoms. The molecule has 0 aliphatic rings. The highest BCUT2D eigenvalue weighted by atomic mass is 32.1. The summed E-state index contributed by atoms with van der Waals surface area (Å²) >= 11 is 1.71. The minimum atomic E-state index is 0.845. The van der Waals surface area contributed by atoms with Crippen LogP contribution < -0.4 is 0 Å². The highest BCUT2D eigenvalue weighted by Crippen LogP contribution is 2.29. The van der Waals surface area contributed by atoms with Gasteiger partial charge in [-0.25, -0.2) is 4.98 Å². The van der Waals surface area contributed by atoms with Gasteiger partial charge in [-0.05, 0) is 57.0 Å². The zero-order valence-corrected chi connectivity index (χ0v) is 15.0. The van der Waals surface area contributed by atoms with Crippen molar-refractivity contribution in [3.05, 3.63) is 58.4 Å². The second-order valence-corrected chi connectivity index (χ2v) is 7.42. The average Bonchev–Trinajstić information content (AvgIpc) is 3.10. The number of benzene rings is 2. The summed E-state index contributed by atoms with van der Waals surface area (Å²) in [6.45, 7) is 8.42. The number of rotatable bonds is 2. The number of aryl methyl sites for hydroxylation is 4. The summed E-state index contributed by atoms with van der Waals surface area (Å²) in [5.41, 5.74) is 6.91. The third-order valence-electron chi connectivity index (χ3n) is 4.18. The molecule has 0 fully saturated rings. The maximum Gasteiger partial charge on any atom is 0.168 e. The van der Waals surface area contributed by atoms with Gasteiger partial charge in [0.15, 0.2) is 5.82 Å². The highest BCUT2D eigenvalue weighted by molar-refractivity contribution is 7.18. The SMILES string of the molecule is Cc1cc(C)c(-n2cnnc2-c2ccc3sc(C)nc3c2)c(C)c1. The van der Waals surface area contributed by atoms with Crippen molar-refractivity contribution in [2.75, 3.05) is 0 Å². The fraction of sp³-hybridized carbons (Fsp3) is 0.211. The van der Waals surface area contributed by atoms with Crippen LogP contribution in [0, 0.1) is 27.7 Å². The lowest BCUT2D eigenvalue weighted by molar-refractivity contribution is 1.02. The molecule has 0 saturated carbocycles. The van der Waals surface area contributed by atoms with Crippen molar-refractivity contribution in [2.24, 2.45) is 0 Å². The molecule has 4 nitrogen and oxygen atoms in total. The Labute approximate surface area is 144 Å². The van der Waals surface area contributed by atoms with Gasteiger partial charge in [0.25, 0.3) is 0 Å². The van der Waals surface area contributed by atoms with E-state index < -0.39 is 0 Å². The van der Waals surface area contributed by atoms with Crippen molar-refractivity contribution < 1.29 is 0 Å². The van der Waals surface area contributed by atoms with Gasteiger partial charge in [0.2, 0.25) is 0 Å². The first-order valence-corrected chi connectivity index (χ1v) is 8.70. The molecule has 24 heavy (non-hydrogen) atoms. The van der Waals surface area contributed by atoms with Crippen LogP contribution in [0.5, 0.6) is 0 Å². The van der Waals surface area contributed by atoms with Crippen LogP contribution in [0.25, 0.3) is 27.3 Å². The van der Waals surface area contributed by atoms with Crippen LogP contribution in [0.1, 0.15) is 21.7 Å². The molecule has 0 spiro atoms. The summed E-state index contributed by atoms with van der Waals surface area (Å²) in [5.74, 6) is 0.845. The van der Waals surface area contributed by atoms with Crippen LogP contribution in [0.2, 0.25) is 0 Å². The molecule has 4 rings (SSSR count). The molecule has 0 N–H and O–H groups in total. The van der Waals surface area contributed by atoms with Gasteiger partial charge >= 0.3 is 0 Å². The van der Waals surface area contributed by atoms with Crippen molar-refractivity contribution >= 4 is 21.6 Å². The second kappa shape index (κ2) is 5.53. The normalized spacial score (nSPS) is 11.3. The third kappa shape index (κ3) is 2.41. The molecule has 4 aromatic rings. The Bertz CT molecular complexity index is 1040. The second-order valence-electron chi connectivity index (χ2n) is 6.19. The van der Waals surface area contributed by atoms with Gasteiger partial charge in [0.1, 0.15) is 6.33 Å². The van der Waals surface area contributed by atoms with Gasteiger partial charge in [-0.3, -0.25) is 4.57 Å². The Balaban J connectivity index is 1.91. The van der Waals surface area contributed by atoms with Crippen LogP contribution in [0.15, 0.2) is 36.7 Å². The van der Waals surface area contributed by atoms with E-state index in [1.165, 1.54) is 21.4 Å². The summed E-state index contributed by atoms with van der Waals surface area (Å²) in [6, 6.07) is 10.7. The van der Waals surface area contributed by atoms with E-state index in [0.29, 0.717) is 0 Å². The Morgan fingerprint density at radius 3 is 2.46 bits per heavy atom. The first kappa shape index (κ1) is 15.0. The number of thiazole rings is 1. The number of hydrogen-bond acceptors (Lipinski definition) is 4. The number of hydrogen-bond donors (Lipinski definition) is 0. The minimum absolute atomic E-state index is 0.845. The van der Waals surface area contributed by atoms with E-state index in [9.17, 15) is 0 Å². The highest BCUT2D eigenvalue weighted by Gasteiger charge is 2.14. The van der Waals surface area contributed by atoms with E-state index in [1.54, 1.807) is 17.7 Å². The van der Waals surface area contributed by atoms with Gasteiger partial charge < -0.3 is 0 Å². The summed E-state index contributed by atoms with van der Waals surface area (Å²) in [5, 5.41) is 9.61. The van der Waals surface area contributed by atoms with Gasteiger partial charge in [0, 0.05) is 5.56 Å². The van der Waals surface area contributed by atoms with Crippen molar-refractivity contribution in [3.8, 4) is 17.1 Å². The third-order valence-corrected chi connectivity index (χ3v) is 5.13. The van der Waals surface area contributed by atoms with E-state index in [-0.39, 0.29) is 0 Å². The summed E-state index contributed by atoms with van der Waals surface area (Å²) in [6.07, 6.45) is 1.79. The van der Waals surface area contributed by atoms with Gasteiger partial charge in [-0.15, -0.1) is 21.5 Å². The predicted octanol–water partition coefficient (Wildman–Crippen LogP) is 4.78. The van der Waals surface area contributed by atoms with E-state index in [0.717, 1.165) is 27.6 Å². The van der Waals surface area contributed by atoms with Gasteiger partial charge in [-0.1, -0.05) is 17.7 Å². The quantitative estimate of drug-likeness (QED) is 0.530. The number of fused-ring (bicyclic) bond motifs is 1. The van der Waals surface area contributed by atoms with Crippen LogP contribution in [0.4, 0.5) is 0 Å². The largest absolute Gasteiger partial charge is 0.281 e. The molecule has 5 heteroatoms. The number of nitrogens with zero attached hydrogens (tertiary/aromatic N) is 4. The van der Waals surface area contributed by atoms with E-state index >= 15 is 0 Å². The van der Waals surface area contributed by atoms with Crippen LogP contribution in [-0.4, -0.2) is 19.7 Å². The molecule has 0 atom stereocenters. The molecule has 0 aliphatic heterocycles. The van der Waals surface area contributed by atoms with Gasteiger partial charge in [0.05, 0.1) is 20.9 Å². The number of aromatic nitrogens is 4. The molecule has 0 unspecified atom stereocenters. The monoisotopic (exact) mass is 334 g/mol. The topological polar surface area (TPSA) is 43.6 Å². The first-order chi connectivity index (χ1) is 11.5. The van der Waals surface area contributed by atoms with E-state index in [2.05, 4.69) is 70.9 Å². The summed E-state index contributed by atoms with van der Waals surface area (Å²) in [4.78, 5) is 4.59.